The van der Waals surface area contributed by atoms with E-state index in [-0.39, 0.29) is 5.04 Å². The largest absolute Gasteiger partial charge is 0.444 e. The van der Waals surface area contributed by atoms with E-state index in [0.717, 1.165) is 0 Å². The molecule has 36 heavy (non-hydrogen) atoms. The van der Waals surface area contributed by atoms with Crippen molar-refractivity contribution < 1.29 is 42.4 Å². The highest BCUT2D eigenvalue weighted by Gasteiger charge is 2.36. The molecule has 0 unspecified atom stereocenters. The van der Waals surface area contributed by atoms with Crippen LogP contribution in [-0.4, -0.2) is 112 Å². The molecule has 0 aromatic carbocycles. The molecule has 0 saturated heterocycles. The van der Waals surface area contributed by atoms with Gasteiger partial charge in [0.25, 0.3) is 0 Å². The first-order valence-electron chi connectivity index (χ1n) is 12.9. The number of rotatable bonds is 22. The van der Waals surface area contributed by atoms with Gasteiger partial charge in [-0.25, -0.2) is 4.79 Å². The summed E-state index contributed by atoms with van der Waals surface area (Å²) in [6, 6.07) is 0. The first kappa shape index (κ1) is 35.2. The number of ether oxygens (including phenoxy) is 7. The fraction of sp³-hybridized carbons (Fsp3) is 0.960. The molecule has 0 heterocycles. The van der Waals surface area contributed by atoms with Crippen LogP contribution in [0, 0.1) is 0 Å². The second-order valence-corrected chi connectivity index (χ2v) is 15.5. The van der Waals surface area contributed by atoms with Crippen LogP contribution >= 0.6 is 0 Å². The smallest absolute Gasteiger partial charge is 0.407 e. The van der Waals surface area contributed by atoms with E-state index < -0.39 is 20.0 Å². The normalized spacial score (nSPS) is 12.7. The highest BCUT2D eigenvalue weighted by molar-refractivity contribution is 6.74. The number of amides is 1. The van der Waals surface area contributed by atoms with Crippen LogP contribution in [0.15, 0.2) is 0 Å². The number of carbonyl (C=O) groups is 1. The zero-order chi connectivity index (χ0) is 27.3. The Kier molecular flexibility index (Phi) is 19.8. The lowest BCUT2D eigenvalue weighted by molar-refractivity contribution is -0.0179. The van der Waals surface area contributed by atoms with Gasteiger partial charge in [0.05, 0.1) is 85.9 Å². The van der Waals surface area contributed by atoms with E-state index in [0.29, 0.717) is 92.4 Å². The van der Waals surface area contributed by atoms with Gasteiger partial charge in [-0.1, -0.05) is 20.8 Å². The van der Waals surface area contributed by atoms with Crippen LogP contribution in [0.5, 0.6) is 0 Å². The van der Waals surface area contributed by atoms with E-state index in [1.54, 1.807) is 0 Å². The molecule has 0 saturated carbocycles. The molecule has 0 aliphatic heterocycles. The molecule has 0 spiro atoms. The molecule has 0 bridgehead atoms. The number of hydrogen-bond donors (Lipinski definition) is 1. The summed E-state index contributed by atoms with van der Waals surface area (Å²) in [5.74, 6) is 0. The summed E-state index contributed by atoms with van der Waals surface area (Å²) in [7, 11) is -1.69. The predicted molar refractivity (Wildman–Crippen MR) is 142 cm³/mol. The highest BCUT2D eigenvalue weighted by Crippen LogP contribution is 2.36. The summed E-state index contributed by atoms with van der Waals surface area (Å²) in [5.41, 5.74) is -0.502. The van der Waals surface area contributed by atoms with Crippen molar-refractivity contribution in [3.63, 3.8) is 0 Å². The summed E-state index contributed by atoms with van der Waals surface area (Å²) in [5, 5.41) is 2.85. The van der Waals surface area contributed by atoms with E-state index >= 15 is 0 Å². The molecular weight excluding hydrogens is 486 g/mol. The maximum absolute atomic E-state index is 11.5. The molecule has 0 aromatic heterocycles. The Morgan fingerprint density at radius 3 is 1.25 bits per heavy atom. The fourth-order valence-corrected chi connectivity index (χ4v) is 3.34. The maximum atomic E-state index is 11.5. The van der Waals surface area contributed by atoms with Crippen molar-refractivity contribution in [3.8, 4) is 0 Å². The lowest BCUT2D eigenvalue weighted by atomic mass is 10.2. The van der Waals surface area contributed by atoms with E-state index in [1.807, 2.05) is 20.8 Å². The van der Waals surface area contributed by atoms with Crippen LogP contribution in [0.3, 0.4) is 0 Å². The Morgan fingerprint density at radius 1 is 0.583 bits per heavy atom. The van der Waals surface area contributed by atoms with Crippen molar-refractivity contribution in [1.29, 1.82) is 0 Å². The van der Waals surface area contributed by atoms with Gasteiger partial charge in [0.15, 0.2) is 8.32 Å². The quantitative estimate of drug-likeness (QED) is 0.163. The van der Waals surface area contributed by atoms with E-state index in [2.05, 4.69) is 39.2 Å². The lowest BCUT2D eigenvalue weighted by Gasteiger charge is -2.36. The second kappa shape index (κ2) is 20.2. The van der Waals surface area contributed by atoms with Crippen LogP contribution < -0.4 is 5.32 Å². The van der Waals surface area contributed by atoms with Crippen LogP contribution in [0.25, 0.3) is 0 Å². The van der Waals surface area contributed by atoms with Gasteiger partial charge in [0, 0.05) is 6.54 Å². The Labute approximate surface area is 220 Å². The zero-order valence-electron chi connectivity index (χ0n) is 24.1. The van der Waals surface area contributed by atoms with Gasteiger partial charge in [0.1, 0.15) is 5.60 Å². The van der Waals surface area contributed by atoms with Gasteiger partial charge in [-0.3, -0.25) is 0 Å². The van der Waals surface area contributed by atoms with Crippen LogP contribution in [0.2, 0.25) is 18.1 Å². The average molecular weight is 540 g/mol. The van der Waals surface area contributed by atoms with E-state index in [4.69, 9.17) is 37.6 Å². The van der Waals surface area contributed by atoms with Crippen molar-refractivity contribution in [2.45, 2.75) is 65.3 Å². The Hall–Kier alpha value is -0.793. The van der Waals surface area contributed by atoms with Crippen molar-refractivity contribution >= 4 is 14.4 Å². The standard InChI is InChI=1S/C25H53NO9Si/c1-24(2,3)35-23(27)26-9-10-28-11-12-29-13-14-30-15-16-31-17-18-32-19-20-33-21-22-34-36(7,8)25(4,5)6/h9-22H2,1-8H3,(H,26,27). The molecule has 11 heteroatoms. The molecule has 0 radical (unpaired) electrons. The molecule has 0 fully saturated rings. The molecule has 216 valence electrons. The van der Waals surface area contributed by atoms with Crippen LogP contribution in [0.4, 0.5) is 4.79 Å². The molecule has 0 aliphatic rings. The van der Waals surface area contributed by atoms with Gasteiger partial charge in [-0.05, 0) is 38.9 Å². The molecule has 0 rings (SSSR count). The van der Waals surface area contributed by atoms with Crippen molar-refractivity contribution in [3.05, 3.63) is 0 Å². The summed E-state index contributed by atoms with van der Waals surface area (Å²) in [6.45, 7) is 23.7. The summed E-state index contributed by atoms with van der Waals surface area (Å²) in [6.07, 6.45) is -0.445. The molecule has 1 amide bonds. The van der Waals surface area contributed by atoms with Crippen LogP contribution in [0.1, 0.15) is 41.5 Å². The number of alkyl carbamates (subject to hydrolysis) is 1. The minimum Gasteiger partial charge on any atom is -0.444 e. The van der Waals surface area contributed by atoms with Gasteiger partial charge in [0.2, 0.25) is 0 Å². The molecule has 0 aromatic rings. The fourth-order valence-electron chi connectivity index (χ4n) is 2.31. The number of hydrogen-bond acceptors (Lipinski definition) is 9. The number of carbonyl (C=O) groups excluding carboxylic acids is 1. The van der Waals surface area contributed by atoms with Crippen molar-refractivity contribution in [1.82, 2.24) is 5.32 Å². The SMILES string of the molecule is CC(C)(C)OC(=O)NCCOCCOCCOCCOCCOCCOCCO[Si](C)(C)C(C)(C)C. The average Bonchev–Trinajstić information content (AvgIpc) is 2.75. The summed E-state index contributed by atoms with van der Waals surface area (Å²) in [4.78, 5) is 11.5. The molecular formula is C25H53NO9Si. The molecule has 0 atom stereocenters. The lowest BCUT2D eigenvalue weighted by Crippen LogP contribution is -2.41. The third-order valence-corrected chi connectivity index (χ3v) is 9.81. The topological polar surface area (TPSA) is 103 Å². The number of nitrogens with one attached hydrogen (secondary N) is 1. The Morgan fingerprint density at radius 2 is 0.917 bits per heavy atom. The minimum atomic E-state index is -1.69. The Bertz CT molecular complexity index is 537. The van der Waals surface area contributed by atoms with E-state index in [9.17, 15) is 4.79 Å². The van der Waals surface area contributed by atoms with Gasteiger partial charge in [-0.2, -0.15) is 0 Å². The summed E-state index contributed by atoms with van der Waals surface area (Å²) < 4.78 is 44.0. The van der Waals surface area contributed by atoms with Gasteiger partial charge < -0.3 is 42.9 Å². The monoisotopic (exact) mass is 539 g/mol. The van der Waals surface area contributed by atoms with Gasteiger partial charge in [-0.15, -0.1) is 0 Å². The first-order chi connectivity index (χ1) is 16.9. The third kappa shape index (κ3) is 22.4. The van der Waals surface area contributed by atoms with Crippen molar-refractivity contribution in [2.75, 3.05) is 92.4 Å². The molecule has 10 nitrogen and oxygen atoms in total. The maximum Gasteiger partial charge on any atom is 0.407 e. The minimum absolute atomic E-state index is 0.218. The zero-order valence-corrected chi connectivity index (χ0v) is 25.1. The highest BCUT2D eigenvalue weighted by atomic mass is 28.4. The first-order valence-corrected chi connectivity index (χ1v) is 15.8. The van der Waals surface area contributed by atoms with E-state index in [1.165, 1.54) is 0 Å². The van der Waals surface area contributed by atoms with Crippen molar-refractivity contribution in [2.24, 2.45) is 0 Å². The molecule has 0 aliphatic carbocycles. The Balaban J connectivity index is 3.23. The summed E-state index contributed by atoms with van der Waals surface area (Å²) >= 11 is 0. The predicted octanol–water partition coefficient (Wildman–Crippen LogP) is 3.63. The third-order valence-electron chi connectivity index (χ3n) is 5.27. The second-order valence-electron chi connectivity index (χ2n) is 10.7. The molecule has 1 N–H and O–H groups in total. The van der Waals surface area contributed by atoms with Crippen LogP contribution in [-0.2, 0) is 37.6 Å². The van der Waals surface area contributed by atoms with Gasteiger partial charge >= 0.3 is 6.09 Å².